The Balaban J connectivity index is 1.87. The zero-order valence-electron chi connectivity index (χ0n) is 12.6. The molecule has 0 fully saturated rings. The summed E-state index contributed by atoms with van der Waals surface area (Å²) in [5.74, 6) is -0.204. The first kappa shape index (κ1) is 15.2. The molecule has 0 unspecified atom stereocenters. The summed E-state index contributed by atoms with van der Waals surface area (Å²) in [7, 11) is 1.58. The average molecular weight is 321 g/mol. The summed E-state index contributed by atoms with van der Waals surface area (Å²) < 4.78 is 6.28. The number of nitrogens with one attached hydrogen (secondary N) is 1. The zero-order chi connectivity index (χ0) is 15.5. The van der Waals surface area contributed by atoms with Gasteiger partial charge in [-0.15, -0.1) is 11.3 Å². The Bertz CT molecular complexity index is 750. The third-order valence-electron chi connectivity index (χ3n) is 3.88. The fourth-order valence-corrected chi connectivity index (χ4v) is 4.02. The van der Waals surface area contributed by atoms with Crippen molar-refractivity contribution in [1.82, 2.24) is 14.9 Å². The molecule has 2 aromatic heterocycles. The van der Waals surface area contributed by atoms with Gasteiger partial charge >= 0.3 is 0 Å². The number of amides is 1. The summed E-state index contributed by atoms with van der Waals surface area (Å²) in [6.45, 7) is 0.889. The van der Waals surface area contributed by atoms with Crippen molar-refractivity contribution < 1.29 is 9.53 Å². The second kappa shape index (κ2) is 6.58. The van der Waals surface area contributed by atoms with Crippen LogP contribution in [-0.4, -0.2) is 35.7 Å². The van der Waals surface area contributed by atoms with Gasteiger partial charge in [-0.25, -0.2) is 4.98 Å². The highest BCUT2D eigenvalue weighted by Gasteiger charge is 2.20. The zero-order valence-corrected chi connectivity index (χ0v) is 13.4. The molecule has 1 N–H and O–H groups in total. The first-order valence-corrected chi connectivity index (χ1v) is 8.27. The third kappa shape index (κ3) is 2.91. The van der Waals surface area contributed by atoms with Crippen LogP contribution in [0.2, 0.25) is 0 Å². The Morgan fingerprint density at radius 2 is 2.27 bits per heavy atom. The van der Waals surface area contributed by atoms with Gasteiger partial charge in [-0.3, -0.25) is 14.2 Å². The molecule has 3 rings (SSSR count). The monoisotopic (exact) mass is 321 g/mol. The number of hydrogen-bond donors (Lipinski definition) is 1. The van der Waals surface area contributed by atoms with Crippen molar-refractivity contribution in [2.24, 2.45) is 0 Å². The lowest BCUT2D eigenvalue weighted by molar-refractivity contribution is -0.121. The quantitative estimate of drug-likeness (QED) is 0.837. The van der Waals surface area contributed by atoms with Gasteiger partial charge in [0.1, 0.15) is 11.4 Å². The molecule has 118 valence electrons. The topological polar surface area (TPSA) is 73.2 Å². The SMILES string of the molecule is COCCNC(=O)Cn1cnc2sc3c(c2c1=O)CCCC3. The molecule has 6 nitrogen and oxygen atoms in total. The number of thiophene rings is 1. The van der Waals surface area contributed by atoms with Crippen molar-refractivity contribution in [2.45, 2.75) is 32.2 Å². The van der Waals surface area contributed by atoms with E-state index in [2.05, 4.69) is 10.3 Å². The molecular weight excluding hydrogens is 302 g/mol. The number of carbonyl (C=O) groups is 1. The largest absolute Gasteiger partial charge is 0.383 e. The molecule has 0 atom stereocenters. The highest BCUT2D eigenvalue weighted by atomic mass is 32.1. The molecule has 0 spiro atoms. The van der Waals surface area contributed by atoms with Gasteiger partial charge in [-0.1, -0.05) is 0 Å². The van der Waals surface area contributed by atoms with Crippen LogP contribution in [-0.2, 0) is 28.9 Å². The Morgan fingerprint density at radius 1 is 1.45 bits per heavy atom. The number of carbonyl (C=O) groups excluding carboxylic acids is 1. The number of ether oxygens (including phenoxy) is 1. The van der Waals surface area contributed by atoms with Crippen LogP contribution in [0.15, 0.2) is 11.1 Å². The van der Waals surface area contributed by atoms with E-state index in [0.29, 0.717) is 18.5 Å². The molecule has 0 saturated heterocycles. The van der Waals surface area contributed by atoms with Gasteiger partial charge in [-0.05, 0) is 31.2 Å². The molecule has 0 aliphatic heterocycles. The summed E-state index contributed by atoms with van der Waals surface area (Å²) >= 11 is 1.62. The Hall–Kier alpha value is -1.73. The highest BCUT2D eigenvalue weighted by Crippen LogP contribution is 2.33. The lowest BCUT2D eigenvalue weighted by Gasteiger charge is -2.10. The fraction of sp³-hybridized carbons (Fsp3) is 0.533. The van der Waals surface area contributed by atoms with Gasteiger partial charge in [0.05, 0.1) is 18.3 Å². The first-order chi connectivity index (χ1) is 10.7. The second-order valence-electron chi connectivity index (χ2n) is 5.41. The van der Waals surface area contributed by atoms with Crippen LogP contribution in [0.5, 0.6) is 0 Å². The van der Waals surface area contributed by atoms with Gasteiger partial charge in [0.2, 0.25) is 5.91 Å². The molecule has 0 aromatic carbocycles. The van der Waals surface area contributed by atoms with Gasteiger partial charge in [-0.2, -0.15) is 0 Å². The van der Waals surface area contributed by atoms with Gasteiger partial charge in [0.25, 0.3) is 5.56 Å². The van der Waals surface area contributed by atoms with E-state index in [1.54, 1.807) is 18.4 Å². The minimum atomic E-state index is -0.204. The standard InChI is InChI=1S/C15H19N3O3S/c1-21-7-6-16-12(19)8-18-9-17-14-13(15(18)20)10-4-2-3-5-11(10)22-14/h9H,2-8H2,1H3,(H,16,19). The lowest BCUT2D eigenvalue weighted by atomic mass is 9.97. The molecule has 0 saturated carbocycles. The van der Waals surface area contributed by atoms with E-state index in [0.717, 1.165) is 29.7 Å². The van der Waals surface area contributed by atoms with Crippen molar-refractivity contribution in [3.8, 4) is 0 Å². The fourth-order valence-electron chi connectivity index (χ4n) is 2.80. The molecule has 22 heavy (non-hydrogen) atoms. The maximum absolute atomic E-state index is 12.7. The van der Waals surface area contributed by atoms with Crippen molar-refractivity contribution >= 4 is 27.5 Å². The van der Waals surface area contributed by atoms with E-state index in [-0.39, 0.29) is 18.0 Å². The van der Waals surface area contributed by atoms with E-state index in [1.165, 1.54) is 22.2 Å². The summed E-state index contributed by atoms with van der Waals surface area (Å²) in [5, 5.41) is 3.43. The van der Waals surface area contributed by atoms with Crippen molar-refractivity contribution in [3.05, 3.63) is 27.1 Å². The van der Waals surface area contributed by atoms with E-state index < -0.39 is 0 Å². The molecule has 0 radical (unpaired) electrons. The minimum absolute atomic E-state index is 0.00386. The molecule has 7 heteroatoms. The molecule has 0 bridgehead atoms. The predicted octanol–water partition coefficient (Wildman–Crippen LogP) is 1.10. The van der Waals surface area contributed by atoms with Crippen molar-refractivity contribution in [2.75, 3.05) is 20.3 Å². The van der Waals surface area contributed by atoms with Gasteiger partial charge < -0.3 is 10.1 Å². The minimum Gasteiger partial charge on any atom is -0.383 e. The molecule has 2 aromatic rings. The van der Waals surface area contributed by atoms with Crippen LogP contribution < -0.4 is 10.9 Å². The van der Waals surface area contributed by atoms with E-state index >= 15 is 0 Å². The maximum Gasteiger partial charge on any atom is 0.262 e. The number of methoxy groups -OCH3 is 1. The lowest BCUT2D eigenvalue weighted by Crippen LogP contribution is -2.34. The number of aryl methyl sites for hydroxylation is 2. The first-order valence-electron chi connectivity index (χ1n) is 7.46. The molecule has 2 heterocycles. The summed E-state index contributed by atoms with van der Waals surface area (Å²) in [6.07, 6.45) is 5.74. The number of rotatable bonds is 5. The smallest absolute Gasteiger partial charge is 0.262 e. The average Bonchev–Trinajstić information content (AvgIpc) is 2.89. The third-order valence-corrected chi connectivity index (χ3v) is 5.08. The molecule has 1 aliphatic rings. The summed E-state index contributed by atoms with van der Waals surface area (Å²) in [5.41, 5.74) is 1.05. The summed E-state index contributed by atoms with van der Waals surface area (Å²) in [4.78, 5) is 31.0. The predicted molar refractivity (Wildman–Crippen MR) is 85.4 cm³/mol. The Labute approximate surface area is 132 Å². The highest BCUT2D eigenvalue weighted by molar-refractivity contribution is 7.18. The normalized spacial score (nSPS) is 14.0. The second-order valence-corrected chi connectivity index (χ2v) is 6.50. The van der Waals surface area contributed by atoms with E-state index in [1.807, 2.05) is 0 Å². The van der Waals surface area contributed by atoms with Crippen LogP contribution in [0.1, 0.15) is 23.3 Å². The Morgan fingerprint density at radius 3 is 3.09 bits per heavy atom. The molecule has 1 aliphatic carbocycles. The number of fused-ring (bicyclic) bond motifs is 3. The summed E-state index contributed by atoms with van der Waals surface area (Å²) in [6, 6.07) is 0. The van der Waals surface area contributed by atoms with Gasteiger partial charge in [0, 0.05) is 18.5 Å². The van der Waals surface area contributed by atoms with Crippen LogP contribution >= 0.6 is 11.3 Å². The van der Waals surface area contributed by atoms with Crippen LogP contribution in [0.3, 0.4) is 0 Å². The van der Waals surface area contributed by atoms with E-state index in [4.69, 9.17) is 4.74 Å². The number of nitrogens with zero attached hydrogens (tertiary/aromatic N) is 2. The maximum atomic E-state index is 12.7. The van der Waals surface area contributed by atoms with Crippen molar-refractivity contribution in [3.63, 3.8) is 0 Å². The van der Waals surface area contributed by atoms with Crippen LogP contribution in [0.25, 0.3) is 10.2 Å². The number of aromatic nitrogens is 2. The molecule has 1 amide bonds. The van der Waals surface area contributed by atoms with Crippen molar-refractivity contribution in [1.29, 1.82) is 0 Å². The number of hydrogen-bond acceptors (Lipinski definition) is 5. The molecular formula is C15H19N3O3S. The Kier molecular flexibility index (Phi) is 4.54. The van der Waals surface area contributed by atoms with Crippen LogP contribution in [0.4, 0.5) is 0 Å². The van der Waals surface area contributed by atoms with E-state index in [9.17, 15) is 9.59 Å². The van der Waals surface area contributed by atoms with Crippen LogP contribution in [0, 0.1) is 0 Å². The van der Waals surface area contributed by atoms with Gasteiger partial charge in [0.15, 0.2) is 0 Å².